The molecule has 0 N–H and O–H groups in total. The predicted molar refractivity (Wildman–Crippen MR) is 101 cm³/mol. The lowest BCUT2D eigenvalue weighted by molar-refractivity contribution is -0.132. The molecule has 3 amide bonds. The molecule has 0 saturated carbocycles. The van der Waals surface area contributed by atoms with Crippen molar-refractivity contribution in [3.05, 3.63) is 52.8 Å². The molecule has 0 unspecified atom stereocenters. The Labute approximate surface area is 166 Å². The van der Waals surface area contributed by atoms with Crippen molar-refractivity contribution in [2.24, 2.45) is 0 Å². The van der Waals surface area contributed by atoms with Crippen molar-refractivity contribution >= 4 is 23.7 Å². The van der Waals surface area contributed by atoms with Crippen molar-refractivity contribution in [1.82, 2.24) is 19.8 Å². The van der Waals surface area contributed by atoms with Crippen LogP contribution in [0.2, 0.25) is 0 Å². The first-order valence-electron chi connectivity index (χ1n) is 9.52. The molecule has 0 bridgehead atoms. The predicted octanol–water partition coefficient (Wildman–Crippen LogP) is 0.452. The monoisotopic (exact) mass is 393 g/mol. The first-order valence-corrected chi connectivity index (χ1v) is 9.52. The van der Waals surface area contributed by atoms with Gasteiger partial charge in [0.15, 0.2) is 0 Å². The molecule has 29 heavy (non-hydrogen) atoms. The SMILES string of the molecule is O=C(CN1C(=O)c2ccccc2C1=O)N1Cc2cnc(N3CCOCC3)nc2C1. The number of aromatic nitrogens is 2. The highest BCUT2D eigenvalue weighted by Gasteiger charge is 2.38. The topological polar surface area (TPSA) is 95.9 Å². The molecule has 1 saturated heterocycles. The van der Waals surface area contributed by atoms with E-state index >= 15 is 0 Å². The molecular weight excluding hydrogens is 374 g/mol. The highest BCUT2D eigenvalue weighted by molar-refractivity contribution is 6.22. The normalized spacial score (nSPS) is 18.3. The molecule has 1 fully saturated rings. The number of hydrogen-bond donors (Lipinski definition) is 0. The molecule has 2 aromatic rings. The second-order valence-corrected chi connectivity index (χ2v) is 7.23. The van der Waals surface area contributed by atoms with Crippen molar-refractivity contribution in [3.8, 4) is 0 Å². The number of carbonyl (C=O) groups excluding carboxylic acids is 3. The quantitative estimate of drug-likeness (QED) is 0.699. The summed E-state index contributed by atoms with van der Waals surface area (Å²) in [6.07, 6.45) is 1.75. The van der Waals surface area contributed by atoms with Crippen LogP contribution in [-0.2, 0) is 22.6 Å². The number of fused-ring (bicyclic) bond motifs is 2. The van der Waals surface area contributed by atoms with E-state index in [0.29, 0.717) is 43.4 Å². The molecule has 9 nitrogen and oxygen atoms in total. The summed E-state index contributed by atoms with van der Waals surface area (Å²) in [6, 6.07) is 6.62. The fourth-order valence-corrected chi connectivity index (χ4v) is 3.85. The van der Waals surface area contributed by atoms with Crippen LogP contribution < -0.4 is 4.90 Å². The first kappa shape index (κ1) is 17.7. The summed E-state index contributed by atoms with van der Waals surface area (Å²) in [5, 5.41) is 0. The minimum atomic E-state index is -0.426. The third-order valence-corrected chi connectivity index (χ3v) is 5.46. The van der Waals surface area contributed by atoms with E-state index in [1.165, 1.54) is 0 Å². The first-order chi connectivity index (χ1) is 14.1. The van der Waals surface area contributed by atoms with Crippen LogP contribution in [0.4, 0.5) is 5.95 Å². The van der Waals surface area contributed by atoms with Crippen LogP contribution in [0.5, 0.6) is 0 Å². The number of amides is 3. The summed E-state index contributed by atoms with van der Waals surface area (Å²) in [4.78, 5) is 51.5. The smallest absolute Gasteiger partial charge is 0.262 e. The molecule has 4 heterocycles. The lowest BCUT2D eigenvalue weighted by Gasteiger charge is -2.26. The van der Waals surface area contributed by atoms with Crippen molar-refractivity contribution in [1.29, 1.82) is 0 Å². The maximum absolute atomic E-state index is 12.8. The maximum Gasteiger partial charge on any atom is 0.262 e. The van der Waals surface area contributed by atoms with E-state index in [0.717, 1.165) is 29.2 Å². The lowest BCUT2D eigenvalue weighted by atomic mass is 10.1. The minimum Gasteiger partial charge on any atom is -0.378 e. The second kappa shape index (κ2) is 6.93. The molecule has 148 valence electrons. The van der Waals surface area contributed by atoms with Gasteiger partial charge in [-0.05, 0) is 12.1 Å². The Morgan fingerprint density at radius 1 is 1.03 bits per heavy atom. The summed E-state index contributed by atoms with van der Waals surface area (Å²) in [5.41, 5.74) is 2.38. The van der Waals surface area contributed by atoms with Crippen LogP contribution in [0.15, 0.2) is 30.5 Å². The Kier molecular flexibility index (Phi) is 4.24. The van der Waals surface area contributed by atoms with Gasteiger partial charge in [-0.1, -0.05) is 12.1 Å². The van der Waals surface area contributed by atoms with Gasteiger partial charge in [-0.2, -0.15) is 0 Å². The summed E-state index contributed by atoms with van der Waals surface area (Å²) in [7, 11) is 0. The molecule has 0 aliphatic carbocycles. The largest absolute Gasteiger partial charge is 0.378 e. The Morgan fingerprint density at radius 3 is 2.41 bits per heavy atom. The Balaban J connectivity index is 1.28. The Morgan fingerprint density at radius 2 is 1.72 bits per heavy atom. The van der Waals surface area contributed by atoms with E-state index in [1.54, 1.807) is 35.4 Å². The van der Waals surface area contributed by atoms with Gasteiger partial charge >= 0.3 is 0 Å². The molecule has 3 aliphatic heterocycles. The number of morpholine rings is 1. The van der Waals surface area contributed by atoms with Gasteiger partial charge in [-0.3, -0.25) is 19.3 Å². The van der Waals surface area contributed by atoms with Crippen LogP contribution in [0.1, 0.15) is 32.0 Å². The molecule has 0 atom stereocenters. The zero-order valence-electron chi connectivity index (χ0n) is 15.7. The molecule has 9 heteroatoms. The van der Waals surface area contributed by atoms with Crippen molar-refractivity contribution in [2.75, 3.05) is 37.7 Å². The van der Waals surface area contributed by atoms with Gasteiger partial charge in [-0.15, -0.1) is 0 Å². The van der Waals surface area contributed by atoms with Gasteiger partial charge in [0.05, 0.1) is 36.6 Å². The van der Waals surface area contributed by atoms with Gasteiger partial charge in [0.25, 0.3) is 11.8 Å². The highest BCUT2D eigenvalue weighted by atomic mass is 16.5. The van der Waals surface area contributed by atoms with Crippen LogP contribution in [0.25, 0.3) is 0 Å². The van der Waals surface area contributed by atoms with E-state index in [4.69, 9.17) is 4.74 Å². The van der Waals surface area contributed by atoms with Gasteiger partial charge < -0.3 is 14.5 Å². The summed E-state index contributed by atoms with van der Waals surface area (Å²) >= 11 is 0. The summed E-state index contributed by atoms with van der Waals surface area (Å²) in [5.74, 6) is -0.498. The Bertz CT molecular complexity index is 983. The number of nitrogens with zero attached hydrogens (tertiary/aromatic N) is 5. The molecule has 0 spiro atoms. The van der Waals surface area contributed by atoms with Crippen LogP contribution in [0.3, 0.4) is 0 Å². The van der Waals surface area contributed by atoms with E-state index in [1.807, 2.05) is 0 Å². The number of hydrogen-bond acceptors (Lipinski definition) is 7. The highest BCUT2D eigenvalue weighted by Crippen LogP contribution is 2.25. The van der Waals surface area contributed by atoms with Crippen LogP contribution in [0, 0.1) is 0 Å². The Hall–Kier alpha value is -3.33. The molecule has 1 aromatic heterocycles. The number of imide groups is 1. The van der Waals surface area contributed by atoms with Crippen molar-refractivity contribution in [2.45, 2.75) is 13.1 Å². The molecular formula is C20H19N5O4. The second-order valence-electron chi connectivity index (χ2n) is 7.23. The third-order valence-electron chi connectivity index (χ3n) is 5.46. The van der Waals surface area contributed by atoms with Gasteiger partial charge in [0.2, 0.25) is 11.9 Å². The number of benzene rings is 1. The number of carbonyl (C=O) groups is 3. The van der Waals surface area contributed by atoms with E-state index < -0.39 is 11.8 Å². The van der Waals surface area contributed by atoms with E-state index in [-0.39, 0.29) is 12.5 Å². The van der Waals surface area contributed by atoms with Gasteiger partial charge in [-0.25, -0.2) is 9.97 Å². The molecule has 0 radical (unpaired) electrons. The maximum atomic E-state index is 12.8. The minimum absolute atomic E-state index is 0.274. The number of anilines is 1. The molecule has 5 rings (SSSR count). The third kappa shape index (κ3) is 3.03. The van der Waals surface area contributed by atoms with Crippen molar-refractivity contribution in [3.63, 3.8) is 0 Å². The van der Waals surface area contributed by atoms with E-state index in [2.05, 4.69) is 14.9 Å². The van der Waals surface area contributed by atoms with Gasteiger partial charge in [0, 0.05) is 31.4 Å². The fraction of sp³-hybridized carbons (Fsp3) is 0.350. The summed E-state index contributed by atoms with van der Waals surface area (Å²) < 4.78 is 5.36. The molecule has 3 aliphatic rings. The van der Waals surface area contributed by atoms with Crippen molar-refractivity contribution < 1.29 is 19.1 Å². The zero-order chi connectivity index (χ0) is 20.0. The molecule has 1 aromatic carbocycles. The lowest BCUT2D eigenvalue weighted by Crippen LogP contribution is -2.40. The average molecular weight is 393 g/mol. The standard InChI is InChI=1S/C20H19N5O4/c26-17(12-25-18(27)14-3-1-2-4-15(14)19(25)28)24-10-13-9-21-20(22-16(13)11-24)23-5-7-29-8-6-23/h1-4,9H,5-8,10-12H2. The average Bonchev–Trinajstić information content (AvgIpc) is 3.29. The number of ether oxygens (including phenoxy) is 1. The van der Waals surface area contributed by atoms with Gasteiger partial charge in [0.1, 0.15) is 6.54 Å². The fourth-order valence-electron chi connectivity index (χ4n) is 3.85. The van der Waals surface area contributed by atoms with Crippen LogP contribution in [-0.4, -0.2) is 70.3 Å². The number of rotatable bonds is 3. The van der Waals surface area contributed by atoms with E-state index in [9.17, 15) is 14.4 Å². The zero-order valence-corrected chi connectivity index (χ0v) is 15.7. The summed E-state index contributed by atoms with van der Waals surface area (Å²) in [6.45, 7) is 3.21. The van der Waals surface area contributed by atoms with Crippen LogP contribution >= 0.6 is 0 Å².